The van der Waals surface area contributed by atoms with Gasteiger partial charge in [0.1, 0.15) is 0 Å². The van der Waals surface area contributed by atoms with Gasteiger partial charge < -0.3 is 14.7 Å². The molecule has 1 fully saturated rings. The average Bonchev–Trinajstić information content (AvgIpc) is 3.01. The van der Waals surface area contributed by atoms with Crippen molar-refractivity contribution >= 4 is 34.6 Å². The fourth-order valence-corrected chi connectivity index (χ4v) is 4.02. The number of rotatable bonds is 4. The lowest BCUT2D eigenvalue weighted by molar-refractivity contribution is -0.903. The molecular formula is C19H24N5OS+. The fraction of sp³-hybridized carbons (Fsp3) is 0.421. The topological polar surface area (TPSA) is 64.1 Å². The van der Waals surface area contributed by atoms with E-state index in [1.807, 2.05) is 49.3 Å². The van der Waals surface area contributed by atoms with Gasteiger partial charge in [-0.1, -0.05) is 12.1 Å². The summed E-state index contributed by atoms with van der Waals surface area (Å²) in [7, 11) is 4.01. The van der Waals surface area contributed by atoms with Crippen LogP contribution in [-0.4, -0.2) is 62.8 Å². The molecule has 2 aliphatic heterocycles. The molecule has 136 valence electrons. The standard InChI is InChI=1S/C19H23N5OS/c1-22(2)16-6-4-15(5-7-16)14-17-18(25)21-19(26-17)24-12-10-23(11-13-24)9-3-8-20/h4-7,14H,3,9-13H2,1-2H3/p+1/b17-14-. The van der Waals surface area contributed by atoms with E-state index in [2.05, 4.69) is 16.0 Å². The number of nitrogens with zero attached hydrogens (tertiary/aromatic N) is 4. The van der Waals surface area contributed by atoms with Gasteiger partial charge in [-0.15, -0.1) is 0 Å². The van der Waals surface area contributed by atoms with E-state index in [4.69, 9.17) is 5.26 Å². The Morgan fingerprint density at radius 3 is 2.62 bits per heavy atom. The first-order valence-electron chi connectivity index (χ1n) is 8.82. The minimum atomic E-state index is -0.152. The maximum atomic E-state index is 12.3. The number of hydrogen-bond acceptors (Lipinski definition) is 5. The molecule has 0 spiro atoms. The van der Waals surface area contributed by atoms with Crippen molar-refractivity contribution in [3.63, 3.8) is 0 Å². The molecule has 6 nitrogen and oxygen atoms in total. The lowest BCUT2D eigenvalue weighted by Crippen LogP contribution is -3.14. The molecule has 1 aromatic rings. The van der Waals surface area contributed by atoms with Gasteiger partial charge in [0, 0.05) is 19.8 Å². The van der Waals surface area contributed by atoms with Gasteiger partial charge in [0.05, 0.1) is 50.1 Å². The predicted molar refractivity (Wildman–Crippen MR) is 106 cm³/mol. The van der Waals surface area contributed by atoms with Crippen molar-refractivity contribution in [3.8, 4) is 6.07 Å². The van der Waals surface area contributed by atoms with Crippen LogP contribution in [0.1, 0.15) is 12.0 Å². The summed E-state index contributed by atoms with van der Waals surface area (Å²) in [6.07, 6.45) is 2.51. The lowest BCUT2D eigenvalue weighted by Gasteiger charge is -2.32. The minimum Gasteiger partial charge on any atom is -0.378 e. The Balaban J connectivity index is 1.60. The molecule has 1 amide bonds. The van der Waals surface area contributed by atoms with Crippen LogP contribution in [0.4, 0.5) is 5.69 Å². The van der Waals surface area contributed by atoms with E-state index in [1.165, 1.54) is 16.7 Å². The number of aliphatic imine (C=N–C) groups is 1. The summed E-state index contributed by atoms with van der Waals surface area (Å²) in [5, 5.41) is 9.51. The van der Waals surface area contributed by atoms with Crippen LogP contribution in [0.3, 0.4) is 0 Å². The van der Waals surface area contributed by atoms with Crippen molar-refractivity contribution < 1.29 is 9.69 Å². The molecular weight excluding hydrogens is 346 g/mol. The van der Waals surface area contributed by atoms with Crippen LogP contribution >= 0.6 is 11.8 Å². The second-order valence-corrected chi connectivity index (χ2v) is 7.70. The van der Waals surface area contributed by atoms with E-state index >= 15 is 0 Å². The molecule has 0 bridgehead atoms. The summed E-state index contributed by atoms with van der Waals surface area (Å²) in [4.78, 5) is 22.9. The van der Waals surface area contributed by atoms with Gasteiger partial charge in [0.15, 0.2) is 5.17 Å². The summed E-state index contributed by atoms with van der Waals surface area (Å²) in [6, 6.07) is 10.3. The molecule has 0 aliphatic carbocycles. The quantitative estimate of drug-likeness (QED) is 0.796. The third kappa shape index (κ3) is 4.45. The largest absolute Gasteiger partial charge is 0.378 e. The van der Waals surface area contributed by atoms with Gasteiger partial charge in [0.2, 0.25) is 0 Å². The van der Waals surface area contributed by atoms with Crippen LogP contribution in [0.2, 0.25) is 0 Å². The number of carbonyl (C=O) groups excluding carboxylic acids is 1. The first kappa shape index (κ1) is 18.5. The third-order valence-corrected chi connectivity index (χ3v) is 5.69. The van der Waals surface area contributed by atoms with Crippen molar-refractivity contribution in [2.45, 2.75) is 6.42 Å². The van der Waals surface area contributed by atoms with Gasteiger partial charge in [-0.25, -0.2) is 0 Å². The van der Waals surface area contributed by atoms with Crippen LogP contribution in [0.5, 0.6) is 0 Å². The maximum absolute atomic E-state index is 12.3. The van der Waals surface area contributed by atoms with E-state index in [0.717, 1.165) is 49.1 Å². The van der Waals surface area contributed by atoms with Crippen LogP contribution in [0.25, 0.3) is 6.08 Å². The van der Waals surface area contributed by atoms with E-state index in [-0.39, 0.29) is 5.91 Å². The van der Waals surface area contributed by atoms with Crippen molar-refractivity contribution in [2.75, 3.05) is 51.7 Å². The van der Waals surface area contributed by atoms with Crippen LogP contribution in [0.15, 0.2) is 34.2 Å². The lowest BCUT2D eigenvalue weighted by atomic mass is 10.2. The summed E-state index contributed by atoms with van der Waals surface area (Å²) >= 11 is 1.47. The smallest absolute Gasteiger partial charge is 0.286 e. The fourth-order valence-electron chi connectivity index (χ4n) is 3.05. The Hall–Kier alpha value is -2.30. The number of amides is 1. The van der Waals surface area contributed by atoms with Crippen LogP contribution in [-0.2, 0) is 4.79 Å². The number of hydrogen-bond donors (Lipinski definition) is 1. The van der Waals surface area contributed by atoms with Crippen molar-refractivity contribution in [1.82, 2.24) is 4.90 Å². The average molecular weight is 371 g/mol. The van der Waals surface area contributed by atoms with Gasteiger partial charge >= 0.3 is 0 Å². The van der Waals surface area contributed by atoms with Gasteiger partial charge in [-0.05, 0) is 35.5 Å². The van der Waals surface area contributed by atoms with E-state index in [9.17, 15) is 4.79 Å². The summed E-state index contributed by atoms with van der Waals surface area (Å²) in [5.41, 5.74) is 2.14. The molecule has 26 heavy (non-hydrogen) atoms. The maximum Gasteiger partial charge on any atom is 0.286 e. The molecule has 0 unspecified atom stereocenters. The van der Waals surface area contributed by atoms with Crippen LogP contribution < -0.4 is 9.80 Å². The zero-order chi connectivity index (χ0) is 18.5. The van der Waals surface area contributed by atoms with E-state index in [0.29, 0.717) is 11.3 Å². The number of benzene rings is 1. The Bertz CT molecular complexity index is 755. The van der Waals surface area contributed by atoms with Crippen LogP contribution in [0, 0.1) is 11.3 Å². The summed E-state index contributed by atoms with van der Waals surface area (Å²) in [5.74, 6) is -0.152. The summed E-state index contributed by atoms with van der Waals surface area (Å²) < 4.78 is 0. The second kappa shape index (κ2) is 8.39. The molecule has 2 aliphatic rings. The molecule has 0 aromatic heterocycles. The van der Waals surface area contributed by atoms with Crippen molar-refractivity contribution in [3.05, 3.63) is 34.7 Å². The Labute approximate surface area is 158 Å². The molecule has 3 rings (SSSR count). The zero-order valence-electron chi connectivity index (χ0n) is 15.2. The molecule has 0 atom stereocenters. The number of quaternary nitrogens is 1. The predicted octanol–water partition coefficient (Wildman–Crippen LogP) is 0.837. The number of nitrogens with one attached hydrogen (secondary N) is 1. The highest BCUT2D eigenvalue weighted by Crippen LogP contribution is 2.30. The number of thioether (sulfide) groups is 1. The Morgan fingerprint density at radius 1 is 1.31 bits per heavy atom. The highest BCUT2D eigenvalue weighted by molar-refractivity contribution is 8.18. The summed E-state index contributed by atoms with van der Waals surface area (Å²) in [6.45, 7) is 4.63. The first-order chi connectivity index (χ1) is 12.6. The van der Waals surface area contributed by atoms with Gasteiger partial charge in [0.25, 0.3) is 5.91 Å². The Morgan fingerprint density at radius 2 is 2.00 bits per heavy atom. The number of amidine groups is 1. The highest BCUT2D eigenvalue weighted by Gasteiger charge is 2.29. The number of nitriles is 1. The van der Waals surface area contributed by atoms with Gasteiger partial charge in [-0.3, -0.25) is 4.79 Å². The van der Waals surface area contributed by atoms with Crippen molar-refractivity contribution in [2.24, 2.45) is 4.99 Å². The molecule has 7 heteroatoms. The minimum absolute atomic E-state index is 0.152. The molecule has 1 saturated heterocycles. The molecule has 0 saturated carbocycles. The third-order valence-electron chi connectivity index (χ3n) is 4.65. The van der Waals surface area contributed by atoms with Crippen molar-refractivity contribution in [1.29, 1.82) is 5.26 Å². The SMILES string of the molecule is CN(C)c1ccc(/C=C2\SC(N3CC[NH+](CCC#N)CC3)=NC2=O)cc1. The highest BCUT2D eigenvalue weighted by atomic mass is 32.2. The van der Waals surface area contributed by atoms with E-state index in [1.54, 1.807) is 0 Å². The molecule has 1 N–H and O–H groups in total. The number of anilines is 1. The number of carbonyl (C=O) groups is 1. The van der Waals surface area contributed by atoms with E-state index < -0.39 is 0 Å². The normalized spacial score (nSPS) is 19.6. The monoisotopic (exact) mass is 370 g/mol. The first-order valence-corrected chi connectivity index (χ1v) is 9.64. The van der Waals surface area contributed by atoms with Gasteiger partial charge in [-0.2, -0.15) is 10.3 Å². The second-order valence-electron chi connectivity index (χ2n) is 6.69. The zero-order valence-corrected chi connectivity index (χ0v) is 16.1. The molecule has 2 heterocycles. The Kier molecular flexibility index (Phi) is 5.96. The molecule has 0 radical (unpaired) electrons. The number of piperazine rings is 1. The molecule has 1 aromatic carbocycles.